The number of likely N-dealkylation sites (N-methyl/N-ethyl adjacent to an activating group) is 1. The summed E-state index contributed by atoms with van der Waals surface area (Å²) < 4.78 is 10.9. The molecule has 1 aromatic rings. The van der Waals surface area contributed by atoms with E-state index < -0.39 is 6.29 Å². The maximum Gasteiger partial charge on any atom is 0.413 e. The Bertz CT molecular complexity index is 707. The Kier molecular flexibility index (Phi) is 8.79. The first-order valence-corrected chi connectivity index (χ1v) is 12.3. The summed E-state index contributed by atoms with van der Waals surface area (Å²) in [6, 6.07) is 10.7. The van der Waals surface area contributed by atoms with Gasteiger partial charge in [0.05, 0.1) is 0 Å². The van der Waals surface area contributed by atoms with Crippen molar-refractivity contribution in [1.82, 2.24) is 4.90 Å². The number of benzene rings is 1. The van der Waals surface area contributed by atoms with Gasteiger partial charge in [0.2, 0.25) is 6.29 Å². The zero-order valence-corrected chi connectivity index (χ0v) is 19.4. The first-order chi connectivity index (χ1) is 15.0. The number of carbonyl (C=O) groups is 2. The van der Waals surface area contributed by atoms with Crippen molar-refractivity contribution in [2.45, 2.75) is 96.8 Å². The molecule has 5 nitrogen and oxygen atoms in total. The molecule has 1 aromatic carbocycles. The van der Waals surface area contributed by atoms with Gasteiger partial charge in [-0.3, -0.25) is 4.79 Å². The lowest BCUT2D eigenvalue weighted by atomic mass is 9.79. The van der Waals surface area contributed by atoms with Gasteiger partial charge in [-0.1, -0.05) is 62.9 Å². The van der Waals surface area contributed by atoms with Crippen LogP contribution in [0.25, 0.3) is 0 Å². The largest absolute Gasteiger partial charge is 0.425 e. The van der Waals surface area contributed by atoms with E-state index in [-0.39, 0.29) is 18.1 Å². The third-order valence-corrected chi connectivity index (χ3v) is 7.04. The van der Waals surface area contributed by atoms with Gasteiger partial charge in [-0.2, -0.15) is 0 Å². The molecule has 172 valence electrons. The van der Waals surface area contributed by atoms with Crippen LogP contribution in [0.15, 0.2) is 30.3 Å². The third-order valence-electron chi connectivity index (χ3n) is 7.04. The molecule has 3 rings (SSSR count). The van der Waals surface area contributed by atoms with Gasteiger partial charge in [-0.15, -0.1) is 0 Å². The summed E-state index contributed by atoms with van der Waals surface area (Å²) in [7, 11) is 0. The van der Waals surface area contributed by atoms with Crippen LogP contribution in [0.2, 0.25) is 0 Å². The highest BCUT2D eigenvalue weighted by molar-refractivity contribution is 5.71. The fourth-order valence-corrected chi connectivity index (χ4v) is 5.67. The molecule has 31 heavy (non-hydrogen) atoms. The van der Waals surface area contributed by atoms with Gasteiger partial charge in [-0.25, -0.2) is 4.79 Å². The van der Waals surface area contributed by atoms with Crippen molar-refractivity contribution in [2.24, 2.45) is 11.8 Å². The molecule has 2 bridgehead atoms. The molecular weight excluding hydrogens is 390 g/mol. The maximum atomic E-state index is 13.1. The van der Waals surface area contributed by atoms with Gasteiger partial charge in [-0.05, 0) is 50.0 Å². The fraction of sp³-hybridized carbons (Fsp3) is 0.692. The monoisotopic (exact) mass is 429 g/mol. The molecule has 2 aliphatic rings. The number of nitrogens with zero attached hydrogens (tertiary/aromatic N) is 1. The van der Waals surface area contributed by atoms with Gasteiger partial charge >= 0.3 is 12.1 Å². The zero-order chi connectivity index (χ0) is 22.2. The minimum absolute atomic E-state index is 0.153. The Morgan fingerprint density at radius 1 is 1.00 bits per heavy atom. The lowest BCUT2D eigenvalue weighted by Gasteiger charge is -2.39. The molecule has 2 aliphatic carbocycles. The van der Waals surface area contributed by atoms with E-state index in [1.54, 1.807) is 6.92 Å². The van der Waals surface area contributed by atoms with Crippen molar-refractivity contribution >= 4 is 12.1 Å². The Morgan fingerprint density at radius 2 is 1.71 bits per heavy atom. The quantitative estimate of drug-likeness (QED) is 0.236. The molecule has 5 atom stereocenters. The minimum Gasteiger partial charge on any atom is -0.425 e. The number of esters is 1. The van der Waals surface area contributed by atoms with Crippen molar-refractivity contribution in [1.29, 1.82) is 0 Å². The van der Waals surface area contributed by atoms with Crippen LogP contribution in [-0.2, 0) is 14.3 Å². The highest BCUT2D eigenvalue weighted by Gasteiger charge is 2.51. The summed E-state index contributed by atoms with van der Waals surface area (Å²) in [4.78, 5) is 27.0. The van der Waals surface area contributed by atoms with E-state index in [1.165, 1.54) is 37.7 Å². The van der Waals surface area contributed by atoms with E-state index >= 15 is 0 Å². The molecule has 1 amide bonds. The summed E-state index contributed by atoms with van der Waals surface area (Å²) in [5.41, 5.74) is 1.31. The number of rotatable bonds is 11. The molecule has 0 heterocycles. The Hall–Kier alpha value is -2.04. The van der Waals surface area contributed by atoms with Gasteiger partial charge < -0.3 is 14.4 Å². The lowest BCUT2D eigenvalue weighted by molar-refractivity contribution is -0.166. The van der Waals surface area contributed by atoms with E-state index in [2.05, 4.69) is 31.2 Å². The average molecular weight is 430 g/mol. The van der Waals surface area contributed by atoms with Crippen molar-refractivity contribution in [2.75, 3.05) is 6.54 Å². The second-order valence-corrected chi connectivity index (χ2v) is 9.15. The number of hydrogen-bond acceptors (Lipinski definition) is 4. The highest BCUT2D eigenvalue weighted by Crippen LogP contribution is 2.54. The van der Waals surface area contributed by atoms with Crippen molar-refractivity contribution in [3.05, 3.63) is 35.9 Å². The smallest absolute Gasteiger partial charge is 0.413 e. The Balaban J connectivity index is 1.55. The molecule has 5 unspecified atom stereocenters. The molecular formula is C26H39NO4. The minimum atomic E-state index is -0.863. The second kappa shape index (κ2) is 11.5. The van der Waals surface area contributed by atoms with Crippen molar-refractivity contribution in [3.8, 4) is 0 Å². The average Bonchev–Trinajstić information content (AvgIpc) is 3.36. The van der Waals surface area contributed by atoms with Gasteiger partial charge in [0.25, 0.3) is 0 Å². The molecule has 0 aromatic heterocycles. The van der Waals surface area contributed by atoms with Crippen LogP contribution in [-0.4, -0.2) is 35.8 Å². The maximum absolute atomic E-state index is 13.1. The molecule has 0 aliphatic heterocycles. The summed E-state index contributed by atoms with van der Waals surface area (Å²) in [6.07, 6.45) is 8.11. The molecule has 0 spiro atoms. The molecule has 0 radical (unpaired) electrons. The molecule has 2 fully saturated rings. The standard InChI is InChI=1S/C26H39NO4/c1-4-6-7-8-12-15-23(28)30-19(3)31-26(29)27(5-2)25-22-17-16-21(18-22)24(25)20-13-10-9-11-14-20/h9-11,13-14,19,21-22,24-25H,4-8,12,15-18H2,1-3H3. The lowest BCUT2D eigenvalue weighted by Crippen LogP contribution is -2.47. The van der Waals surface area contributed by atoms with E-state index in [9.17, 15) is 9.59 Å². The van der Waals surface area contributed by atoms with E-state index in [1.807, 2.05) is 17.9 Å². The number of unbranched alkanes of at least 4 members (excludes halogenated alkanes) is 4. The molecule has 2 saturated carbocycles. The van der Waals surface area contributed by atoms with Crippen molar-refractivity contribution < 1.29 is 19.1 Å². The van der Waals surface area contributed by atoms with E-state index in [0.717, 1.165) is 19.3 Å². The van der Waals surface area contributed by atoms with E-state index in [0.29, 0.717) is 30.7 Å². The summed E-state index contributed by atoms with van der Waals surface area (Å²) in [5, 5.41) is 0. The Labute approximate surface area is 187 Å². The SMILES string of the molecule is CCCCCCCC(=O)OC(C)OC(=O)N(CC)C1C2CCC(C2)C1c1ccccc1. The van der Waals surface area contributed by atoms with Crippen molar-refractivity contribution in [3.63, 3.8) is 0 Å². The zero-order valence-electron chi connectivity index (χ0n) is 19.4. The topological polar surface area (TPSA) is 55.8 Å². The van der Waals surface area contributed by atoms with Crippen LogP contribution in [0.4, 0.5) is 4.79 Å². The summed E-state index contributed by atoms with van der Waals surface area (Å²) in [5.74, 6) is 1.21. The molecule has 5 heteroatoms. The first kappa shape index (κ1) is 23.6. The van der Waals surface area contributed by atoms with Gasteiger partial charge in [0.1, 0.15) is 0 Å². The summed E-state index contributed by atoms with van der Waals surface area (Å²) >= 11 is 0. The van der Waals surface area contributed by atoms with Crippen LogP contribution in [0.1, 0.15) is 90.0 Å². The van der Waals surface area contributed by atoms with Crippen LogP contribution in [0, 0.1) is 11.8 Å². The number of ether oxygens (including phenoxy) is 2. The number of hydrogen-bond donors (Lipinski definition) is 0. The van der Waals surface area contributed by atoms with Crippen LogP contribution in [0.5, 0.6) is 0 Å². The number of carbonyl (C=O) groups excluding carboxylic acids is 2. The molecule has 0 N–H and O–H groups in total. The fourth-order valence-electron chi connectivity index (χ4n) is 5.67. The first-order valence-electron chi connectivity index (χ1n) is 12.3. The highest BCUT2D eigenvalue weighted by atomic mass is 16.7. The van der Waals surface area contributed by atoms with E-state index in [4.69, 9.17) is 9.47 Å². The number of fused-ring (bicyclic) bond motifs is 2. The Morgan fingerprint density at radius 3 is 2.42 bits per heavy atom. The molecule has 0 saturated heterocycles. The van der Waals surface area contributed by atoms with Crippen LogP contribution < -0.4 is 0 Å². The third kappa shape index (κ3) is 6.02. The predicted molar refractivity (Wildman–Crippen MR) is 122 cm³/mol. The normalized spacial score (nSPS) is 25.3. The number of amides is 1. The summed E-state index contributed by atoms with van der Waals surface area (Å²) in [6.45, 7) is 6.40. The van der Waals surface area contributed by atoms with Crippen LogP contribution in [0.3, 0.4) is 0 Å². The predicted octanol–water partition coefficient (Wildman–Crippen LogP) is 6.28. The van der Waals surface area contributed by atoms with Gasteiger partial charge in [0.15, 0.2) is 0 Å². The van der Waals surface area contributed by atoms with Crippen LogP contribution >= 0.6 is 0 Å². The second-order valence-electron chi connectivity index (χ2n) is 9.15. The van der Waals surface area contributed by atoms with Gasteiger partial charge in [0, 0.05) is 31.8 Å².